The van der Waals surface area contributed by atoms with E-state index in [-0.39, 0.29) is 5.91 Å². The highest BCUT2D eigenvalue weighted by Crippen LogP contribution is 2.15. The van der Waals surface area contributed by atoms with Crippen LogP contribution in [-0.4, -0.2) is 28.3 Å². The van der Waals surface area contributed by atoms with E-state index >= 15 is 0 Å². The summed E-state index contributed by atoms with van der Waals surface area (Å²) in [6.07, 6.45) is 0.625. The van der Waals surface area contributed by atoms with Crippen LogP contribution in [0.4, 0.5) is 0 Å². The minimum absolute atomic E-state index is 0.335. The zero-order valence-corrected chi connectivity index (χ0v) is 11.3. The summed E-state index contributed by atoms with van der Waals surface area (Å²) in [4.78, 5) is 11.4. The van der Waals surface area contributed by atoms with Crippen LogP contribution in [0.25, 0.3) is 0 Å². The van der Waals surface area contributed by atoms with Crippen molar-refractivity contribution in [3.63, 3.8) is 0 Å². The predicted molar refractivity (Wildman–Crippen MR) is 67.7 cm³/mol. The SMILES string of the molecule is CNC(C)(CCn1nc(C)c(C)c1C)C(N)=O. The third-order valence-corrected chi connectivity index (χ3v) is 3.66. The molecule has 0 spiro atoms. The number of amides is 1. The molecule has 1 unspecified atom stereocenters. The molecule has 5 heteroatoms. The van der Waals surface area contributed by atoms with E-state index in [0.29, 0.717) is 13.0 Å². The van der Waals surface area contributed by atoms with Gasteiger partial charge in [-0.05, 0) is 46.7 Å². The summed E-state index contributed by atoms with van der Waals surface area (Å²) < 4.78 is 1.93. The second-order valence-electron chi connectivity index (χ2n) is 4.72. The van der Waals surface area contributed by atoms with Gasteiger partial charge in [0.2, 0.25) is 5.91 Å². The van der Waals surface area contributed by atoms with Crippen LogP contribution in [0.3, 0.4) is 0 Å². The molecule has 3 N–H and O–H groups in total. The first-order chi connectivity index (χ1) is 7.81. The summed E-state index contributed by atoms with van der Waals surface area (Å²) in [5, 5.41) is 7.42. The average Bonchev–Trinajstić information content (AvgIpc) is 2.53. The van der Waals surface area contributed by atoms with Crippen LogP contribution in [0.15, 0.2) is 0 Å². The molecule has 0 saturated carbocycles. The van der Waals surface area contributed by atoms with Crippen LogP contribution < -0.4 is 11.1 Å². The van der Waals surface area contributed by atoms with Crippen molar-refractivity contribution in [2.24, 2.45) is 5.73 Å². The van der Waals surface area contributed by atoms with E-state index in [1.165, 1.54) is 5.56 Å². The summed E-state index contributed by atoms with van der Waals surface area (Å²) >= 11 is 0. The van der Waals surface area contributed by atoms with Crippen molar-refractivity contribution in [1.29, 1.82) is 0 Å². The number of rotatable bonds is 5. The summed E-state index contributed by atoms with van der Waals surface area (Å²) in [5.41, 5.74) is 8.09. The molecular formula is C12H22N4O. The highest BCUT2D eigenvalue weighted by Gasteiger charge is 2.28. The quantitative estimate of drug-likeness (QED) is 0.791. The monoisotopic (exact) mass is 238 g/mol. The molecule has 0 aliphatic rings. The highest BCUT2D eigenvalue weighted by atomic mass is 16.1. The number of primary amides is 1. The minimum Gasteiger partial charge on any atom is -0.368 e. The van der Waals surface area contributed by atoms with Gasteiger partial charge in [-0.1, -0.05) is 0 Å². The molecule has 0 radical (unpaired) electrons. The molecule has 0 bridgehead atoms. The molecule has 0 aromatic carbocycles. The normalized spacial score (nSPS) is 14.6. The first kappa shape index (κ1) is 13.7. The molecule has 0 fully saturated rings. The number of likely N-dealkylation sites (N-methyl/N-ethyl adjacent to an activating group) is 1. The van der Waals surface area contributed by atoms with Crippen molar-refractivity contribution in [1.82, 2.24) is 15.1 Å². The molecule has 1 aromatic heterocycles. The van der Waals surface area contributed by atoms with Gasteiger partial charge in [-0.2, -0.15) is 5.10 Å². The van der Waals surface area contributed by atoms with E-state index in [1.54, 1.807) is 7.05 Å². The van der Waals surface area contributed by atoms with Crippen molar-refractivity contribution in [2.75, 3.05) is 7.05 Å². The molecule has 0 aliphatic heterocycles. The molecule has 1 atom stereocenters. The number of aryl methyl sites for hydroxylation is 2. The van der Waals surface area contributed by atoms with Gasteiger partial charge in [0.1, 0.15) is 0 Å². The molecular weight excluding hydrogens is 216 g/mol. The van der Waals surface area contributed by atoms with E-state index in [0.717, 1.165) is 11.4 Å². The van der Waals surface area contributed by atoms with Gasteiger partial charge in [-0.3, -0.25) is 9.48 Å². The van der Waals surface area contributed by atoms with Crippen molar-refractivity contribution in [3.8, 4) is 0 Å². The Bertz CT molecular complexity index is 424. The lowest BCUT2D eigenvalue weighted by Crippen LogP contribution is -2.52. The fourth-order valence-electron chi connectivity index (χ4n) is 1.71. The standard InChI is InChI=1S/C12H22N4O/c1-8-9(2)15-16(10(8)3)7-6-12(4,14-5)11(13)17/h14H,6-7H2,1-5H3,(H2,13,17). The molecule has 0 saturated heterocycles. The smallest absolute Gasteiger partial charge is 0.237 e. The van der Waals surface area contributed by atoms with Gasteiger partial charge in [0.05, 0.1) is 11.2 Å². The zero-order chi connectivity index (χ0) is 13.2. The molecule has 17 heavy (non-hydrogen) atoms. The van der Waals surface area contributed by atoms with Gasteiger partial charge >= 0.3 is 0 Å². The lowest BCUT2D eigenvalue weighted by molar-refractivity contribution is -0.124. The summed E-state index contributed by atoms with van der Waals surface area (Å²) in [5.74, 6) is -0.335. The van der Waals surface area contributed by atoms with Crippen LogP contribution in [0.1, 0.15) is 30.3 Å². The fourth-order valence-corrected chi connectivity index (χ4v) is 1.71. The lowest BCUT2D eigenvalue weighted by atomic mass is 9.97. The number of hydrogen-bond donors (Lipinski definition) is 2. The molecule has 1 heterocycles. The van der Waals surface area contributed by atoms with Crippen LogP contribution in [0.5, 0.6) is 0 Å². The third kappa shape index (κ3) is 2.66. The number of carbonyl (C=O) groups excluding carboxylic acids is 1. The number of nitrogens with one attached hydrogen (secondary N) is 1. The Morgan fingerprint density at radius 2 is 2.06 bits per heavy atom. The number of carbonyl (C=O) groups is 1. The second-order valence-corrected chi connectivity index (χ2v) is 4.72. The Morgan fingerprint density at radius 1 is 1.47 bits per heavy atom. The maximum absolute atomic E-state index is 11.4. The lowest BCUT2D eigenvalue weighted by Gasteiger charge is -2.25. The van der Waals surface area contributed by atoms with Crippen LogP contribution in [-0.2, 0) is 11.3 Å². The van der Waals surface area contributed by atoms with Crippen molar-refractivity contribution in [3.05, 3.63) is 17.0 Å². The van der Waals surface area contributed by atoms with Crippen molar-refractivity contribution in [2.45, 2.75) is 46.2 Å². The number of nitrogens with two attached hydrogens (primary N) is 1. The largest absolute Gasteiger partial charge is 0.368 e. The average molecular weight is 238 g/mol. The molecule has 1 rings (SSSR count). The van der Waals surface area contributed by atoms with E-state index in [9.17, 15) is 4.79 Å². The van der Waals surface area contributed by atoms with Gasteiger partial charge in [-0.15, -0.1) is 0 Å². The summed E-state index contributed by atoms with van der Waals surface area (Å²) in [6, 6.07) is 0. The number of nitrogens with zero attached hydrogens (tertiary/aromatic N) is 2. The minimum atomic E-state index is -0.680. The summed E-state index contributed by atoms with van der Waals surface area (Å²) in [6.45, 7) is 8.58. The molecule has 96 valence electrons. The fraction of sp³-hybridized carbons (Fsp3) is 0.667. The number of aromatic nitrogens is 2. The maximum Gasteiger partial charge on any atom is 0.237 e. The molecule has 1 amide bonds. The molecule has 0 aliphatic carbocycles. The van der Waals surface area contributed by atoms with E-state index in [1.807, 2.05) is 25.5 Å². The predicted octanol–water partition coefficient (Wildman–Crippen LogP) is 0.662. The Hall–Kier alpha value is -1.36. The van der Waals surface area contributed by atoms with E-state index in [2.05, 4.69) is 17.3 Å². The van der Waals surface area contributed by atoms with Gasteiger partial charge in [-0.25, -0.2) is 0 Å². The highest BCUT2D eigenvalue weighted by molar-refractivity contribution is 5.84. The van der Waals surface area contributed by atoms with Crippen LogP contribution in [0, 0.1) is 20.8 Å². The Labute approximate surface area is 102 Å². The maximum atomic E-state index is 11.4. The summed E-state index contributed by atoms with van der Waals surface area (Å²) in [7, 11) is 1.75. The Balaban J connectivity index is 2.80. The van der Waals surface area contributed by atoms with E-state index in [4.69, 9.17) is 5.73 Å². The van der Waals surface area contributed by atoms with Gasteiger partial charge in [0.15, 0.2) is 0 Å². The zero-order valence-electron chi connectivity index (χ0n) is 11.3. The Kier molecular flexibility index (Phi) is 3.93. The van der Waals surface area contributed by atoms with Crippen LogP contribution >= 0.6 is 0 Å². The third-order valence-electron chi connectivity index (χ3n) is 3.66. The van der Waals surface area contributed by atoms with E-state index < -0.39 is 5.54 Å². The van der Waals surface area contributed by atoms with Gasteiger partial charge in [0.25, 0.3) is 0 Å². The second kappa shape index (κ2) is 4.87. The van der Waals surface area contributed by atoms with Gasteiger partial charge in [0, 0.05) is 12.2 Å². The Morgan fingerprint density at radius 3 is 2.41 bits per heavy atom. The van der Waals surface area contributed by atoms with Crippen LogP contribution in [0.2, 0.25) is 0 Å². The van der Waals surface area contributed by atoms with Crippen molar-refractivity contribution < 1.29 is 4.79 Å². The number of hydrogen-bond acceptors (Lipinski definition) is 3. The van der Waals surface area contributed by atoms with Gasteiger partial charge < -0.3 is 11.1 Å². The molecule has 1 aromatic rings. The first-order valence-corrected chi connectivity index (χ1v) is 5.81. The van der Waals surface area contributed by atoms with Crippen molar-refractivity contribution >= 4 is 5.91 Å². The molecule has 5 nitrogen and oxygen atoms in total. The topological polar surface area (TPSA) is 72.9 Å². The first-order valence-electron chi connectivity index (χ1n) is 5.81.